The van der Waals surface area contributed by atoms with Crippen molar-refractivity contribution in [3.8, 4) is 5.75 Å². The third kappa shape index (κ3) is 3.56. The number of nitrogens with two attached hydrogens (primary N) is 1. The minimum atomic E-state index is -0.268. The van der Waals surface area contributed by atoms with E-state index in [4.69, 9.17) is 10.6 Å². The number of halogens is 2. The van der Waals surface area contributed by atoms with Crippen LogP contribution in [0.15, 0.2) is 46.9 Å². The van der Waals surface area contributed by atoms with Gasteiger partial charge in [0.25, 0.3) is 0 Å². The van der Waals surface area contributed by atoms with Crippen LogP contribution >= 0.6 is 15.9 Å². The molecule has 0 aliphatic carbocycles. The minimum absolute atomic E-state index is 0.0433. The SMILES string of the molecule is COc1ccc(C(Cc2ccc(F)c(Br)c2)NN)cc1. The Morgan fingerprint density at radius 3 is 2.50 bits per heavy atom. The lowest BCUT2D eigenvalue weighted by Crippen LogP contribution is -2.29. The maximum atomic E-state index is 13.2. The highest BCUT2D eigenvalue weighted by atomic mass is 79.9. The van der Waals surface area contributed by atoms with E-state index in [1.54, 1.807) is 19.2 Å². The number of hydrogen-bond acceptors (Lipinski definition) is 3. The molecular weight excluding hydrogens is 323 g/mol. The number of hydrogen-bond donors (Lipinski definition) is 2. The Balaban J connectivity index is 2.16. The van der Waals surface area contributed by atoms with Gasteiger partial charge in [-0.2, -0.15) is 0 Å². The number of nitrogens with one attached hydrogen (secondary N) is 1. The largest absolute Gasteiger partial charge is 0.497 e. The first-order valence-electron chi connectivity index (χ1n) is 6.18. The summed E-state index contributed by atoms with van der Waals surface area (Å²) >= 11 is 3.19. The summed E-state index contributed by atoms with van der Waals surface area (Å²) in [5.41, 5.74) is 4.84. The molecule has 0 aromatic heterocycles. The van der Waals surface area contributed by atoms with Crippen LogP contribution in [0, 0.1) is 5.82 Å². The van der Waals surface area contributed by atoms with Gasteiger partial charge in [0.05, 0.1) is 11.6 Å². The lowest BCUT2D eigenvalue weighted by molar-refractivity contribution is 0.414. The average Bonchev–Trinajstić information content (AvgIpc) is 2.48. The molecule has 5 heteroatoms. The van der Waals surface area contributed by atoms with Crippen molar-refractivity contribution in [2.24, 2.45) is 5.84 Å². The van der Waals surface area contributed by atoms with Crippen LogP contribution in [0.1, 0.15) is 17.2 Å². The summed E-state index contributed by atoms with van der Waals surface area (Å²) in [6.45, 7) is 0. The van der Waals surface area contributed by atoms with E-state index in [0.717, 1.165) is 16.9 Å². The molecule has 0 spiro atoms. The molecule has 3 N–H and O–H groups in total. The lowest BCUT2D eigenvalue weighted by atomic mass is 9.99. The van der Waals surface area contributed by atoms with Crippen LogP contribution in [-0.4, -0.2) is 7.11 Å². The highest BCUT2D eigenvalue weighted by molar-refractivity contribution is 9.10. The minimum Gasteiger partial charge on any atom is -0.497 e. The molecule has 2 aromatic rings. The molecule has 20 heavy (non-hydrogen) atoms. The summed E-state index contributed by atoms with van der Waals surface area (Å²) in [4.78, 5) is 0. The zero-order chi connectivity index (χ0) is 14.5. The number of benzene rings is 2. The van der Waals surface area contributed by atoms with Crippen LogP contribution in [-0.2, 0) is 6.42 Å². The molecule has 106 valence electrons. The molecule has 0 aliphatic rings. The summed E-state index contributed by atoms with van der Waals surface area (Å²) in [7, 11) is 1.63. The molecule has 0 heterocycles. The van der Waals surface area contributed by atoms with Crippen molar-refractivity contribution in [3.63, 3.8) is 0 Å². The zero-order valence-electron chi connectivity index (χ0n) is 11.1. The second-order valence-electron chi connectivity index (χ2n) is 4.44. The van der Waals surface area contributed by atoms with Crippen molar-refractivity contribution >= 4 is 15.9 Å². The van der Waals surface area contributed by atoms with Crippen LogP contribution in [0.5, 0.6) is 5.75 Å². The third-order valence-electron chi connectivity index (χ3n) is 3.14. The van der Waals surface area contributed by atoms with Gasteiger partial charge < -0.3 is 4.74 Å². The molecule has 0 saturated heterocycles. The topological polar surface area (TPSA) is 47.3 Å². The number of ether oxygens (including phenoxy) is 1. The van der Waals surface area contributed by atoms with Crippen molar-refractivity contribution in [3.05, 3.63) is 63.9 Å². The fraction of sp³-hybridized carbons (Fsp3) is 0.200. The van der Waals surface area contributed by atoms with Crippen LogP contribution in [0.25, 0.3) is 0 Å². The van der Waals surface area contributed by atoms with Gasteiger partial charge in [-0.1, -0.05) is 18.2 Å². The van der Waals surface area contributed by atoms with Crippen LogP contribution in [0.3, 0.4) is 0 Å². The molecule has 0 fully saturated rings. The first-order chi connectivity index (χ1) is 9.63. The third-order valence-corrected chi connectivity index (χ3v) is 3.75. The molecule has 1 unspecified atom stereocenters. The smallest absolute Gasteiger partial charge is 0.137 e. The van der Waals surface area contributed by atoms with Crippen LogP contribution in [0.4, 0.5) is 4.39 Å². The monoisotopic (exact) mass is 338 g/mol. The van der Waals surface area contributed by atoms with E-state index < -0.39 is 0 Å². The summed E-state index contributed by atoms with van der Waals surface area (Å²) in [5.74, 6) is 6.16. The quantitative estimate of drug-likeness (QED) is 0.649. The summed E-state index contributed by atoms with van der Waals surface area (Å²) in [6, 6.07) is 12.6. The highest BCUT2D eigenvalue weighted by Crippen LogP contribution is 2.23. The standard InChI is InChI=1S/C15H16BrFN2O/c1-20-12-5-3-11(4-6-12)15(19-18)9-10-2-7-14(17)13(16)8-10/h2-8,15,19H,9,18H2,1H3. The molecule has 0 aliphatic heterocycles. The molecule has 2 aromatic carbocycles. The summed E-state index contributed by atoms with van der Waals surface area (Å²) in [5, 5.41) is 0. The predicted octanol–water partition coefficient (Wildman–Crippen LogP) is 3.34. The van der Waals surface area contributed by atoms with Gasteiger partial charge in [0.15, 0.2) is 0 Å². The van der Waals surface area contributed by atoms with Crippen LogP contribution in [0.2, 0.25) is 0 Å². The first-order valence-corrected chi connectivity index (χ1v) is 6.97. The molecule has 0 amide bonds. The lowest BCUT2D eigenvalue weighted by Gasteiger charge is -2.17. The van der Waals surface area contributed by atoms with Gasteiger partial charge in [-0.3, -0.25) is 11.3 Å². The normalized spacial score (nSPS) is 12.2. The second kappa shape index (κ2) is 6.83. The number of hydrazine groups is 1. The Bertz CT molecular complexity index is 575. The zero-order valence-corrected chi connectivity index (χ0v) is 12.7. The van der Waals surface area contributed by atoms with E-state index >= 15 is 0 Å². The fourth-order valence-corrected chi connectivity index (χ4v) is 2.44. The van der Waals surface area contributed by atoms with Crippen molar-refractivity contribution < 1.29 is 9.13 Å². The molecule has 3 nitrogen and oxygen atoms in total. The van der Waals surface area contributed by atoms with E-state index in [1.807, 2.05) is 24.3 Å². The molecular formula is C15H16BrFN2O. The van der Waals surface area contributed by atoms with E-state index in [9.17, 15) is 4.39 Å². The van der Waals surface area contributed by atoms with E-state index in [0.29, 0.717) is 10.9 Å². The van der Waals surface area contributed by atoms with Gasteiger partial charge >= 0.3 is 0 Å². The average molecular weight is 339 g/mol. The van der Waals surface area contributed by atoms with Gasteiger partial charge in [-0.15, -0.1) is 0 Å². The Labute approximate surface area is 126 Å². The van der Waals surface area contributed by atoms with E-state index in [1.165, 1.54) is 6.07 Å². The van der Waals surface area contributed by atoms with Gasteiger partial charge in [-0.25, -0.2) is 4.39 Å². The maximum absolute atomic E-state index is 13.2. The number of rotatable bonds is 5. The summed E-state index contributed by atoms with van der Waals surface area (Å²) in [6.07, 6.45) is 0.668. The van der Waals surface area contributed by atoms with Crippen molar-refractivity contribution in [2.75, 3.05) is 7.11 Å². The van der Waals surface area contributed by atoms with Gasteiger partial charge in [-0.05, 0) is 57.7 Å². The Kier molecular flexibility index (Phi) is 5.11. The molecule has 2 rings (SSSR count). The fourth-order valence-electron chi connectivity index (χ4n) is 2.01. The van der Waals surface area contributed by atoms with Crippen molar-refractivity contribution in [1.82, 2.24) is 5.43 Å². The van der Waals surface area contributed by atoms with Crippen molar-refractivity contribution in [2.45, 2.75) is 12.5 Å². The van der Waals surface area contributed by atoms with E-state index in [2.05, 4.69) is 21.4 Å². The maximum Gasteiger partial charge on any atom is 0.137 e. The summed E-state index contributed by atoms with van der Waals surface area (Å²) < 4.78 is 18.8. The Hall–Kier alpha value is -1.43. The number of methoxy groups -OCH3 is 1. The second-order valence-corrected chi connectivity index (χ2v) is 5.30. The Morgan fingerprint density at radius 1 is 1.25 bits per heavy atom. The Morgan fingerprint density at radius 2 is 1.95 bits per heavy atom. The first kappa shape index (κ1) is 15.0. The van der Waals surface area contributed by atoms with E-state index in [-0.39, 0.29) is 11.9 Å². The molecule has 0 bridgehead atoms. The van der Waals surface area contributed by atoms with Gasteiger partial charge in [0.2, 0.25) is 0 Å². The van der Waals surface area contributed by atoms with Gasteiger partial charge in [0, 0.05) is 6.04 Å². The van der Waals surface area contributed by atoms with Crippen molar-refractivity contribution in [1.29, 1.82) is 0 Å². The molecule has 1 atom stereocenters. The predicted molar refractivity (Wildman–Crippen MR) is 80.9 cm³/mol. The molecule has 0 radical (unpaired) electrons. The highest BCUT2D eigenvalue weighted by Gasteiger charge is 2.11. The molecule has 0 saturated carbocycles. The van der Waals surface area contributed by atoms with Crippen LogP contribution < -0.4 is 16.0 Å². The van der Waals surface area contributed by atoms with Gasteiger partial charge in [0.1, 0.15) is 11.6 Å².